The molecular weight excluding hydrogens is 370 g/mol. The van der Waals surface area contributed by atoms with E-state index in [1.54, 1.807) is 43.3 Å². The van der Waals surface area contributed by atoms with Gasteiger partial charge in [0.05, 0.1) is 18.8 Å². The maximum atomic E-state index is 13.2. The largest absolute Gasteiger partial charge is 0.495 e. The van der Waals surface area contributed by atoms with Crippen LogP contribution >= 0.6 is 0 Å². The summed E-state index contributed by atoms with van der Waals surface area (Å²) in [6, 6.07) is 11.3. The smallest absolute Gasteiger partial charge is 0.269 e. The van der Waals surface area contributed by atoms with Crippen molar-refractivity contribution in [3.63, 3.8) is 0 Å². The molecule has 0 saturated heterocycles. The number of anilines is 1. The van der Waals surface area contributed by atoms with Gasteiger partial charge in [0.25, 0.3) is 10.0 Å². The van der Waals surface area contributed by atoms with Crippen molar-refractivity contribution in [1.29, 1.82) is 0 Å². The highest BCUT2D eigenvalue weighted by Crippen LogP contribution is 2.40. The van der Waals surface area contributed by atoms with E-state index in [0.29, 0.717) is 11.1 Å². The van der Waals surface area contributed by atoms with E-state index in [0.717, 1.165) is 0 Å². The van der Waals surface area contributed by atoms with Gasteiger partial charge in [-0.25, -0.2) is 8.42 Å². The van der Waals surface area contributed by atoms with Crippen LogP contribution in [-0.4, -0.2) is 15.5 Å². The average molecular weight is 385 g/mol. The minimum absolute atomic E-state index is 0.0467. The van der Waals surface area contributed by atoms with E-state index >= 15 is 0 Å². The second-order valence-corrected chi connectivity index (χ2v) is 7.54. The number of sulfonamides is 1. The minimum atomic E-state index is -4.13. The lowest BCUT2D eigenvalue weighted by molar-refractivity contribution is 0.422. The lowest BCUT2D eigenvalue weighted by atomic mass is 10.1. The van der Waals surface area contributed by atoms with Crippen molar-refractivity contribution in [1.82, 2.24) is 0 Å². The zero-order valence-electron chi connectivity index (χ0n) is 14.5. The monoisotopic (exact) mass is 385 g/mol. The number of hydrogen-bond acceptors (Lipinski definition) is 6. The van der Waals surface area contributed by atoms with E-state index in [1.807, 2.05) is 0 Å². The summed E-state index contributed by atoms with van der Waals surface area (Å²) in [7, 11) is -2.73. The van der Waals surface area contributed by atoms with Gasteiger partial charge < -0.3 is 13.6 Å². The molecule has 1 N–H and O–H groups in total. The molecule has 0 saturated carbocycles. The predicted molar refractivity (Wildman–Crippen MR) is 101 cm³/mol. The fraction of sp³-hybridized carbons (Fsp3) is 0.105. The molecule has 7 nitrogen and oxygen atoms in total. The highest BCUT2D eigenvalue weighted by molar-refractivity contribution is 7.93. The van der Waals surface area contributed by atoms with Gasteiger partial charge in [-0.2, -0.15) is 0 Å². The summed E-state index contributed by atoms with van der Waals surface area (Å²) in [5.74, 6) is 0.484. The van der Waals surface area contributed by atoms with Crippen LogP contribution in [0.4, 0.5) is 5.69 Å². The number of para-hydroxylation sites is 1. The molecule has 0 amide bonds. The Labute approximate surface area is 154 Å². The SMILES string of the molecule is COc1c2ccoc2c(S(=O)(=O)Nc2ccccc2)c2oc(C)cc(=O)c12. The zero-order chi connectivity index (χ0) is 19.2. The van der Waals surface area contributed by atoms with Crippen molar-refractivity contribution < 1.29 is 22.0 Å². The van der Waals surface area contributed by atoms with Gasteiger partial charge in [0.15, 0.2) is 21.5 Å². The molecule has 0 aliphatic rings. The Kier molecular flexibility index (Phi) is 3.92. The van der Waals surface area contributed by atoms with Crippen LogP contribution in [-0.2, 0) is 10.0 Å². The molecule has 0 radical (unpaired) electrons. The van der Waals surface area contributed by atoms with Crippen LogP contribution in [0.5, 0.6) is 5.75 Å². The lowest BCUT2D eigenvalue weighted by Crippen LogP contribution is -2.15. The highest BCUT2D eigenvalue weighted by Gasteiger charge is 2.30. The summed E-state index contributed by atoms with van der Waals surface area (Å²) in [6.45, 7) is 1.57. The van der Waals surface area contributed by atoms with Gasteiger partial charge in [-0.05, 0) is 25.1 Å². The van der Waals surface area contributed by atoms with Gasteiger partial charge in [0.2, 0.25) is 0 Å². The van der Waals surface area contributed by atoms with Crippen molar-refractivity contribution in [2.45, 2.75) is 11.8 Å². The zero-order valence-corrected chi connectivity index (χ0v) is 15.3. The molecule has 0 aliphatic heterocycles. The number of ether oxygens (including phenoxy) is 1. The highest BCUT2D eigenvalue weighted by atomic mass is 32.2. The third kappa shape index (κ3) is 2.74. The van der Waals surface area contributed by atoms with Crippen LogP contribution in [0, 0.1) is 6.92 Å². The van der Waals surface area contributed by atoms with Gasteiger partial charge >= 0.3 is 0 Å². The summed E-state index contributed by atoms with van der Waals surface area (Å²) < 4.78 is 45.3. The van der Waals surface area contributed by atoms with Crippen molar-refractivity contribution in [3.05, 3.63) is 64.7 Å². The predicted octanol–water partition coefficient (Wildman–Crippen LogP) is 3.66. The molecule has 2 heterocycles. The van der Waals surface area contributed by atoms with Gasteiger partial charge in [0.1, 0.15) is 16.9 Å². The van der Waals surface area contributed by atoms with Crippen LogP contribution in [0.25, 0.3) is 21.9 Å². The quantitative estimate of drug-likeness (QED) is 0.576. The molecule has 8 heteroatoms. The molecule has 0 atom stereocenters. The molecule has 4 rings (SSSR count). The van der Waals surface area contributed by atoms with Crippen molar-refractivity contribution in [2.24, 2.45) is 0 Å². The van der Waals surface area contributed by atoms with Gasteiger partial charge in [-0.15, -0.1) is 0 Å². The van der Waals surface area contributed by atoms with Crippen LogP contribution < -0.4 is 14.9 Å². The molecule has 27 heavy (non-hydrogen) atoms. The van der Waals surface area contributed by atoms with Crippen LogP contribution in [0.1, 0.15) is 5.76 Å². The van der Waals surface area contributed by atoms with E-state index in [4.69, 9.17) is 13.6 Å². The summed E-state index contributed by atoms with van der Waals surface area (Å²) in [5.41, 5.74) is -0.0831. The number of methoxy groups -OCH3 is 1. The lowest BCUT2D eigenvalue weighted by Gasteiger charge is -2.13. The fourth-order valence-electron chi connectivity index (χ4n) is 3.06. The van der Waals surface area contributed by atoms with Crippen molar-refractivity contribution >= 4 is 37.6 Å². The molecule has 0 unspecified atom stereocenters. The van der Waals surface area contributed by atoms with Crippen molar-refractivity contribution in [2.75, 3.05) is 11.8 Å². The Balaban J connectivity index is 2.13. The first kappa shape index (κ1) is 17.2. The first-order valence-corrected chi connectivity index (χ1v) is 9.50. The summed E-state index contributed by atoms with van der Waals surface area (Å²) >= 11 is 0. The number of hydrogen-bond donors (Lipinski definition) is 1. The number of rotatable bonds is 4. The average Bonchev–Trinajstić information content (AvgIpc) is 3.08. The normalized spacial score (nSPS) is 11.8. The Morgan fingerprint density at radius 3 is 2.52 bits per heavy atom. The number of nitrogens with one attached hydrogen (secondary N) is 1. The van der Waals surface area contributed by atoms with Crippen LogP contribution in [0.3, 0.4) is 0 Å². The Morgan fingerprint density at radius 2 is 1.81 bits per heavy atom. The van der Waals surface area contributed by atoms with Gasteiger partial charge in [0, 0.05) is 11.8 Å². The van der Waals surface area contributed by atoms with Crippen LogP contribution in [0.2, 0.25) is 0 Å². The molecular formula is C19H15NO6S. The van der Waals surface area contributed by atoms with Crippen LogP contribution in [0.15, 0.2) is 67.3 Å². The molecule has 0 fully saturated rings. The second-order valence-electron chi connectivity index (χ2n) is 5.92. The van der Waals surface area contributed by atoms with E-state index in [1.165, 1.54) is 19.4 Å². The number of fused-ring (bicyclic) bond motifs is 2. The van der Waals surface area contributed by atoms with E-state index in [9.17, 15) is 13.2 Å². The standard InChI is InChI=1S/C19H15NO6S/c1-11-10-14(21)15-16(24-2)13-8-9-25-17(13)19(18(15)26-11)27(22,23)20-12-6-4-3-5-7-12/h3-10,20H,1-2H3. The summed E-state index contributed by atoms with van der Waals surface area (Å²) in [5, 5.41) is 0.417. The Bertz CT molecular complexity index is 1320. The number of aryl methyl sites for hydroxylation is 1. The maximum absolute atomic E-state index is 13.2. The fourth-order valence-corrected chi connectivity index (χ4v) is 4.39. The molecule has 0 spiro atoms. The summed E-state index contributed by atoms with van der Waals surface area (Å²) in [6.07, 6.45) is 1.34. The van der Waals surface area contributed by atoms with E-state index < -0.39 is 15.5 Å². The molecule has 0 aliphatic carbocycles. The third-order valence-corrected chi connectivity index (χ3v) is 5.53. The molecule has 2 aromatic heterocycles. The first-order chi connectivity index (χ1) is 12.9. The number of benzene rings is 2. The third-order valence-electron chi connectivity index (χ3n) is 4.12. The minimum Gasteiger partial charge on any atom is -0.495 e. The topological polar surface area (TPSA) is 98.8 Å². The molecule has 2 aromatic carbocycles. The first-order valence-electron chi connectivity index (χ1n) is 8.02. The van der Waals surface area contributed by atoms with Gasteiger partial charge in [-0.1, -0.05) is 18.2 Å². The maximum Gasteiger partial charge on any atom is 0.269 e. The van der Waals surface area contributed by atoms with Gasteiger partial charge in [-0.3, -0.25) is 9.52 Å². The Morgan fingerprint density at radius 1 is 1.07 bits per heavy atom. The molecule has 138 valence electrons. The number of furan rings is 1. The molecule has 4 aromatic rings. The molecule has 0 bridgehead atoms. The van der Waals surface area contributed by atoms with Crippen molar-refractivity contribution in [3.8, 4) is 5.75 Å². The Hall–Kier alpha value is -3.26. The van der Waals surface area contributed by atoms with E-state index in [-0.39, 0.29) is 33.0 Å². The second kappa shape index (κ2) is 6.17. The summed E-state index contributed by atoms with van der Waals surface area (Å²) in [4.78, 5) is 12.3. The van der Waals surface area contributed by atoms with E-state index in [2.05, 4.69) is 4.72 Å².